The first-order chi connectivity index (χ1) is 8.10. The summed E-state index contributed by atoms with van der Waals surface area (Å²) in [6, 6.07) is 0. The Morgan fingerprint density at radius 2 is 1.18 bits per heavy atom. The van der Waals surface area contributed by atoms with Gasteiger partial charge < -0.3 is 0 Å². The van der Waals surface area contributed by atoms with Gasteiger partial charge in [0.15, 0.2) is 0 Å². The van der Waals surface area contributed by atoms with E-state index >= 15 is 0 Å². The molecule has 0 aliphatic carbocycles. The number of allylic oxidation sites excluding steroid dienone is 10. The van der Waals surface area contributed by atoms with Crippen molar-refractivity contribution in [3.05, 3.63) is 59.3 Å². The summed E-state index contributed by atoms with van der Waals surface area (Å²) in [5.74, 6) is 0. The van der Waals surface area contributed by atoms with Crippen molar-refractivity contribution in [3.63, 3.8) is 0 Å². The molecule has 0 spiro atoms. The van der Waals surface area contributed by atoms with E-state index in [0.717, 1.165) is 23.7 Å². The van der Waals surface area contributed by atoms with Gasteiger partial charge in [0.25, 0.3) is 0 Å². The summed E-state index contributed by atoms with van der Waals surface area (Å²) in [7, 11) is 0. The Kier molecular flexibility index (Phi) is 8.21. The lowest BCUT2D eigenvalue weighted by Gasteiger charge is -1.88. The van der Waals surface area contributed by atoms with Crippen LogP contribution >= 0.6 is 0 Å². The number of hydrogen-bond donors (Lipinski definition) is 0. The second-order valence-corrected chi connectivity index (χ2v) is 3.70. The smallest absolute Gasteiger partial charge is 0.145 e. The molecule has 0 aromatic heterocycles. The lowest BCUT2D eigenvalue weighted by atomic mass is 10.2. The molecule has 0 rings (SSSR count). The summed E-state index contributed by atoms with van der Waals surface area (Å²) >= 11 is 0. The van der Waals surface area contributed by atoms with Crippen molar-refractivity contribution in [2.75, 3.05) is 0 Å². The van der Waals surface area contributed by atoms with Crippen LogP contribution in [0.5, 0.6) is 0 Å². The Morgan fingerprint density at radius 3 is 1.65 bits per heavy atom. The maximum absolute atomic E-state index is 10.3. The Morgan fingerprint density at radius 1 is 0.706 bits per heavy atom. The van der Waals surface area contributed by atoms with E-state index in [9.17, 15) is 9.59 Å². The quantitative estimate of drug-likeness (QED) is 0.398. The topological polar surface area (TPSA) is 34.1 Å². The zero-order chi connectivity index (χ0) is 13.1. The molecule has 0 aliphatic rings. The van der Waals surface area contributed by atoms with Crippen LogP contribution < -0.4 is 0 Å². The second-order valence-electron chi connectivity index (χ2n) is 3.70. The Balaban J connectivity index is 4.42. The molecule has 0 bridgehead atoms. The zero-order valence-corrected chi connectivity index (χ0v) is 10.5. The van der Waals surface area contributed by atoms with Gasteiger partial charge in [-0.1, -0.05) is 42.0 Å². The van der Waals surface area contributed by atoms with Gasteiger partial charge in [0.2, 0.25) is 0 Å². The highest BCUT2D eigenvalue weighted by Gasteiger charge is 1.81. The Bertz CT molecular complexity index is 405. The van der Waals surface area contributed by atoms with Crippen LogP contribution in [0, 0.1) is 0 Å². The number of aldehydes is 2. The molecule has 0 amide bonds. The van der Waals surface area contributed by atoms with Crippen molar-refractivity contribution in [1.82, 2.24) is 0 Å². The van der Waals surface area contributed by atoms with Gasteiger partial charge in [0, 0.05) is 0 Å². The highest BCUT2D eigenvalue weighted by Crippen LogP contribution is 1.99. The molecule has 0 saturated heterocycles. The molecule has 0 heterocycles. The average Bonchev–Trinajstić information content (AvgIpc) is 2.29. The maximum atomic E-state index is 10.3. The molecular formula is C15H18O2. The lowest BCUT2D eigenvalue weighted by Crippen LogP contribution is -1.73. The van der Waals surface area contributed by atoms with Crippen LogP contribution in [0.4, 0.5) is 0 Å². The van der Waals surface area contributed by atoms with Crippen LogP contribution in [0.15, 0.2) is 59.3 Å². The van der Waals surface area contributed by atoms with Gasteiger partial charge >= 0.3 is 0 Å². The summed E-state index contributed by atoms with van der Waals surface area (Å²) in [5.41, 5.74) is 2.66. The van der Waals surface area contributed by atoms with Gasteiger partial charge in [0.05, 0.1) is 0 Å². The van der Waals surface area contributed by atoms with E-state index in [2.05, 4.69) is 0 Å². The summed E-state index contributed by atoms with van der Waals surface area (Å²) in [6.07, 6.45) is 14.3. The molecule has 0 fully saturated rings. The first-order valence-corrected chi connectivity index (χ1v) is 5.37. The fraction of sp³-hybridized carbons (Fsp3) is 0.200. The van der Waals surface area contributed by atoms with Gasteiger partial charge in [0.1, 0.15) is 12.6 Å². The predicted octanol–water partition coefficient (Wildman–Crippen LogP) is 3.34. The summed E-state index contributed by atoms with van der Waals surface area (Å²) < 4.78 is 0. The fourth-order valence-electron chi connectivity index (χ4n) is 0.961. The van der Waals surface area contributed by atoms with E-state index < -0.39 is 0 Å². The van der Waals surface area contributed by atoms with E-state index in [-0.39, 0.29) is 0 Å². The average molecular weight is 230 g/mol. The minimum Gasteiger partial charge on any atom is -0.299 e. The SMILES string of the molecule is C\C(C=O)=C/C=C/C(C)=C/C=C/C(C)=C/C=O. The molecule has 0 aliphatic heterocycles. The van der Waals surface area contributed by atoms with Crippen molar-refractivity contribution in [2.24, 2.45) is 0 Å². The largest absolute Gasteiger partial charge is 0.299 e. The van der Waals surface area contributed by atoms with E-state index in [4.69, 9.17) is 0 Å². The van der Waals surface area contributed by atoms with Crippen molar-refractivity contribution in [2.45, 2.75) is 20.8 Å². The zero-order valence-electron chi connectivity index (χ0n) is 10.5. The number of hydrogen-bond acceptors (Lipinski definition) is 2. The van der Waals surface area contributed by atoms with Crippen LogP contribution in [-0.4, -0.2) is 12.6 Å². The number of carbonyl (C=O) groups is 2. The summed E-state index contributed by atoms with van der Waals surface area (Å²) in [6.45, 7) is 5.58. The third-order valence-electron chi connectivity index (χ3n) is 1.95. The van der Waals surface area contributed by atoms with Gasteiger partial charge in [-0.2, -0.15) is 0 Å². The first-order valence-electron chi connectivity index (χ1n) is 5.37. The minimum absolute atomic E-state index is 0.689. The fourth-order valence-corrected chi connectivity index (χ4v) is 0.961. The molecule has 17 heavy (non-hydrogen) atoms. The van der Waals surface area contributed by atoms with Crippen LogP contribution in [-0.2, 0) is 9.59 Å². The summed E-state index contributed by atoms with van der Waals surface area (Å²) in [4.78, 5) is 20.5. The molecule has 0 radical (unpaired) electrons. The molecule has 2 nitrogen and oxygen atoms in total. The standard InChI is InChI=1S/C15H18O2/c1-13(7-5-9-15(3)12-17)6-4-8-14(2)10-11-16/h4-12H,1-3H3/b7-5+,8-4+,13-6+,14-10+,15-9+. The van der Waals surface area contributed by atoms with Gasteiger partial charge in [-0.05, 0) is 38.0 Å². The van der Waals surface area contributed by atoms with Crippen LogP contribution in [0.3, 0.4) is 0 Å². The molecule has 0 aromatic rings. The minimum atomic E-state index is 0.689. The van der Waals surface area contributed by atoms with E-state index in [1.165, 1.54) is 6.08 Å². The number of carbonyl (C=O) groups excluding carboxylic acids is 2. The van der Waals surface area contributed by atoms with Gasteiger partial charge in [-0.25, -0.2) is 0 Å². The molecule has 0 saturated carbocycles. The molecule has 0 N–H and O–H groups in total. The monoisotopic (exact) mass is 230 g/mol. The van der Waals surface area contributed by atoms with E-state index in [1.807, 2.05) is 44.2 Å². The van der Waals surface area contributed by atoms with Crippen molar-refractivity contribution < 1.29 is 9.59 Å². The lowest BCUT2D eigenvalue weighted by molar-refractivity contribution is -0.105. The number of rotatable bonds is 6. The third-order valence-corrected chi connectivity index (χ3v) is 1.95. The predicted molar refractivity (Wildman–Crippen MR) is 71.7 cm³/mol. The highest BCUT2D eigenvalue weighted by molar-refractivity contribution is 5.72. The maximum Gasteiger partial charge on any atom is 0.145 e. The van der Waals surface area contributed by atoms with E-state index in [1.54, 1.807) is 13.0 Å². The molecule has 2 heteroatoms. The van der Waals surface area contributed by atoms with E-state index in [0.29, 0.717) is 5.57 Å². The second kappa shape index (κ2) is 9.28. The summed E-state index contributed by atoms with van der Waals surface area (Å²) in [5, 5.41) is 0. The first kappa shape index (κ1) is 15.0. The van der Waals surface area contributed by atoms with Crippen LogP contribution in [0.25, 0.3) is 0 Å². The molecule has 0 aromatic carbocycles. The molecule has 0 atom stereocenters. The Hall–Kier alpha value is -1.96. The normalized spacial score (nSPS) is 14.6. The van der Waals surface area contributed by atoms with Crippen molar-refractivity contribution >= 4 is 12.6 Å². The van der Waals surface area contributed by atoms with Crippen molar-refractivity contribution in [1.29, 1.82) is 0 Å². The highest BCUT2D eigenvalue weighted by atomic mass is 16.1. The molecule has 0 unspecified atom stereocenters. The molecular weight excluding hydrogens is 212 g/mol. The van der Waals surface area contributed by atoms with Crippen molar-refractivity contribution in [3.8, 4) is 0 Å². The van der Waals surface area contributed by atoms with Gasteiger partial charge in [-0.3, -0.25) is 9.59 Å². The Labute approximate surface area is 103 Å². The van der Waals surface area contributed by atoms with Crippen LogP contribution in [0.1, 0.15) is 20.8 Å². The molecule has 90 valence electrons. The third kappa shape index (κ3) is 9.00. The van der Waals surface area contributed by atoms with Crippen LogP contribution in [0.2, 0.25) is 0 Å². The van der Waals surface area contributed by atoms with Gasteiger partial charge in [-0.15, -0.1) is 0 Å².